The van der Waals surface area contributed by atoms with Gasteiger partial charge in [0.05, 0.1) is 11.4 Å². The number of carbonyl (C=O) groups is 1. The van der Waals surface area contributed by atoms with E-state index in [4.69, 9.17) is 0 Å². The third-order valence-corrected chi connectivity index (χ3v) is 5.33. The fraction of sp³-hybridized carbons (Fsp3) is 0.273. The number of hydrogen-bond donors (Lipinski definition) is 2. The zero-order chi connectivity index (χ0) is 19.9. The second-order valence-corrected chi connectivity index (χ2v) is 7.87. The summed E-state index contributed by atoms with van der Waals surface area (Å²) in [5.41, 5.74) is 5.53. The van der Waals surface area contributed by atoms with Gasteiger partial charge >= 0.3 is 0 Å². The van der Waals surface area contributed by atoms with Crippen molar-refractivity contribution in [1.29, 1.82) is 0 Å². The molecular formula is C22H26N4OS. The van der Waals surface area contributed by atoms with Gasteiger partial charge in [-0.2, -0.15) is 0 Å². The number of aromatic amines is 1. The Kier molecular flexibility index (Phi) is 6.76. The van der Waals surface area contributed by atoms with E-state index < -0.39 is 0 Å². The second kappa shape index (κ2) is 9.46. The summed E-state index contributed by atoms with van der Waals surface area (Å²) >= 11 is 1.43. The Morgan fingerprint density at radius 1 is 1.07 bits per heavy atom. The minimum absolute atomic E-state index is 0.000323. The first-order valence-corrected chi connectivity index (χ1v) is 10.2. The topological polar surface area (TPSA) is 61.0 Å². The molecule has 0 aliphatic carbocycles. The van der Waals surface area contributed by atoms with E-state index in [2.05, 4.69) is 44.5 Å². The van der Waals surface area contributed by atoms with Crippen LogP contribution in [0, 0.1) is 6.92 Å². The van der Waals surface area contributed by atoms with Crippen LogP contribution in [0.25, 0.3) is 0 Å². The van der Waals surface area contributed by atoms with Crippen LogP contribution >= 0.6 is 11.8 Å². The number of carbonyl (C=O) groups excluding carboxylic acids is 1. The lowest BCUT2D eigenvalue weighted by atomic mass is 10.1. The summed E-state index contributed by atoms with van der Waals surface area (Å²) in [6.45, 7) is 2.55. The molecule has 2 aromatic carbocycles. The largest absolute Gasteiger partial charge is 0.378 e. The maximum absolute atomic E-state index is 12.2. The smallest absolute Gasteiger partial charge is 0.230 e. The van der Waals surface area contributed by atoms with E-state index in [1.807, 2.05) is 51.4 Å². The fourth-order valence-electron chi connectivity index (χ4n) is 2.79. The molecule has 0 unspecified atom stereocenters. The van der Waals surface area contributed by atoms with Crippen molar-refractivity contribution in [2.75, 3.05) is 24.7 Å². The van der Waals surface area contributed by atoms with Gasteiger partial charge in [-0.05, 0) is 30.2 Å². The number of H-pyrrole nitrogens is 1. The van der Waals surface area contributed by atoms with Crippen LogP contribution in [-0.4, -0.2) is 35.7 Å². The van der Waals surface area contributed by atoms with E-state index in [0.717, 1.165) is 34.2 Å². The molecule has 0 saturated carbocycles. The molecule has 28 heavy (non-hydrogen) atoms. The molecule has 3 aromatic rings. The lowest BCUT2D eigenvalue weighted by Gasteiger charge is -2.12. The maximum Gasteiger partial charge on any atom is 0.230 e. The Labute approximate surface area is 170 Å². The normalized spacial score (nSPS) is 10.7. The van der Waals surface area contributed by atoms with Gasteiger partial charge in [-0.15, -0.1) is 0 Å². The molecule has 0 spiro atoms. The Morgan fingerprint density at radius 3 is 2.46 bits per heavy atom. The Bertz CT molecular complexity index is 904. The van der Waals surface area contributed by atoms with Crippen LogP contribution in [0.5, 0.6) is 0 Å². The summed E-state index contributed by atoms with van der Waals surface area (Å²) in [7, 11) is 4.02. The predicted octanol–water partition coefficient (Wildman–Crippen LogP) is 3.78. The van der Waals surface area contributed by atoms with Crippen LogP contribution in [0.4, 0.5) is 5.69 Å². The van der Waals surface area contributed by atoms with E-state index in [9.17, 15) is 4.79 Å². The van der Waals surface area contributed by atoms with Gasteiger partial charge in [0.25, 0.3) is 0 Å². The molecule has 1 amide bonds. The molecule has 0 fully saturated rings. The standard InChI is InChI=1S/C22H26N4OS/c1-16-20(13-17-7-5-4-6-8-17)25-22(24-16)28-15-21(27)23-14-18-9-11-19(12-10-18)26(2)3/h4-12H,13-15H2,1-3H3,(H,23,27)(H,24,25). The van der Waals surface area contributed by atoms with Crippen molar-refractivity contribution >= 4 is 23.4 Å². The van der Waals surface area contributed by atoms with Crippen LogP contribution in [0.3, 0.4) is 0 Å². The Balaban J connectivity index is 1.47. The van der Waals surface area contributed by atoms with Crippen LogP contribution in [0.15, 0.2) is 59.8 Å². The maximum atomic E-state index is 12.2. The van der Waals surface area contributed by atoms with Crippen molar-refractivity contribution in [3.8, 4) is 0 Å². The zero-order valence-electron chi connectivity index (χ0n) is 16.5. The highest BCUT2D eigenvalue weighted by Crippen LogP contribution is 2.19. The van der Waals surface area contributed by atoms with Crippen LogP contribution in [0.1, 0.15) is 22.5 Å². The first kappa shape index (κ1) is 20.0. The molecule has 0 bridgehead atoms. The van der Waals surface area contributed by atoms with Crippen molar-refractivity contribution in [1.82, 2.24) is 15.3 Å². The second-order valence-electron chi connectivity index (χ2n) is 6.90. The highest BCUT2D eigenvalue weighted by atomic mass is 32.2. The van der Waals surface area contributed by atoms with E-state index in [-0.39, 0.29) is 5.91 Å². The molecule has 0 aliphatic heterocycles. The SMILES string of the molecule is Cc1[nH]c(SCC(=O)NCc2ccc(N(C)C)cc2)nc1Cc1ccccc1. The average Bonchev–Trinajstić information content (AvgIpc) is 3.05. The van der Waals surface area contributed by atoms with Crippen molar-refractivity contribution in [2.24, 2.45) is 0 Å². The third kappa shape index (κ3) is 5.63. The summed E-state index contributed by atoms with van der Waals surface area (Å²) in [6, 6.07) is 18.4. The Hall–Kier alpha value is -2.73. The van der Waals surface area contributed by atoms with Crippen LogP contribution in [0.2, 0.25) is 0 Å². The highest BCUT2D eigenvalue weighted by molar-refractivity contribution is 7.99. The molecule has 5 nitrogen and oxygen atoms in total. The molecule has 6 heteroatoms. The van der Waals surface area contributed by atoms with Crippen molar-refractivity contribution in [2.45, 2.75) is 25.0 Å². The van der Waals surface area contributed by atoms with Gasteiger partial charge < -0.3 is 15.2 Å². The van der Waals surface area contributed by atoms with Crippen molar-refractivity contribution < 1.29 is 4.79 Å². The lowest BCUT2D eigenvalue weighted by Crippen LogP contribution is -2.24. The first-order valence-electron chi connectivity index (χ1n) is 9.26. The van der Waals surface area contributed by atoms with Gasteiger partial charge in [0, 0.05) is 38.4 Å². The molecule has 0 saturated heterocycles. The van der Waals surface area contributed by atoms with E-state index >= 15 is 0 Å². The molecule has 146 valence electrons. The first-order chi connectivity index (χ1) is 13.5. The number of nitrogens with zero attached hydrogens (tertiary/aromatic N) is 2. The van der Waals surface area contributed by atoms with Gasteiger partial charge in [-0.1, -0.05) is 54.2 Å². The van der Waals surface area contributed by atoms with E-state index in [1.54, 1.807) is 0 Å². The lowest BCUT2D eigenvalue weighted by molar-refractivity contribution is -0.118. The number of nitrogens with one attached hydrogen (secondary N) is 2. The number of amides is 1. The van der Waals surface area contributed by atoms with Gasteiger partial charge in [-0.3, -0.25) is 4.79 Å². The van der Waals surface area contributed by atoms with Gasteiger partial charge in [0.1, 0.15) is 0 Å². The van der Waals surface area contributed by atoms with Crippen LogP contribution < -0.4 is 10.2 Å². The summed E-state index contributed by atoms with van der Waals surface area (Å²) in [5.74, 6) is 0.341. The summed E-state index contributed by atoms with van der Waals surface area (Å²) in [6.07, 6.45) is 0.791. The number of rotatable bonds is 8. The van der Waals surface area contributed by atoms with Crippen molar-refractivity contribution in [3.05, 3.63) is 77.1 Å². The molecular weight excluding hydrogens is 368 g/mol. The molecule has 0 radical (unpaired) electrons. The van der Waals surface area contributed by atoms with Gasteiger partial charge in [0.15, 0.2) is 5.16 Å². The highest BCUT2D eigenvalue weighted by Gasteiger charge is 2.10. The Morgan fingerprint density at radius 2 is 1.79 bits per heavy atom. The summed E-state index contributed by atoms with van der Waals surface area (Å²) in [4.78, 5) is 22.1. The molecule has 0 atom stereocenters. The molecule has 1 heterocycles. The number of aromatic nitrogens is 2. The van der Waals surface area contributed by atoms with Gasteiger partial charge in [-0.25, -0.2) is 4.98 Å². The minimum atomic E-state index is 0.000323. The fourth-order valence-corrected chi connectivity index (χ4v) is 3.56. The quantitative estimate of drug-likeness (QED) is 0.571. The number of imidazole rings is 1. The predicted molar refractivity (Wildman–Crippen MR) is 116 cm³/mol. The minimum Gasteiger partial charge on any atom is -0.378 e. The summed E-state index contributed by atoms with van der Waals surface area (Å²) < 4.78 is 0. The molecule has 2 N–H and O–H groups in total. The number of anilines is 1. The number of benzene rings is 2. The number of thioether (sulfide) groups is 1. The average molecular weight is 395 g/mol. The van der Waals surface area contributed by atoms with E-state index in [0.29, 0.717) is 12.3 Å². The third-order valence-electron chi connectivity index (χ3n) is 4.46. The number of hydrogen-bond acceptors (Lipinski definition) is 4. The van der Waals surface area contributed by atoms with E-state index in [1.165, 1.54) is 17.3 Å². The number of aryl methyl sites for hydroxylation is 1. The zero-order valence-corrected chi connectivity index (χ0v) is 17.3. The molecule has 1 aromatic heterocycles. The molecule has 0 aliphatic rings. The molecule has 3 rings (SSSR count). The van der Waals surface area contributed by atoms with Crippen molar-refractivity contribution in [3.63, 3.8) is 0 Å². The summed E-state index contributed by atoms with van der Waals surface area (Å²) in [5, 5.41) is 3.75. The van der Waals surface area contributed by atoms with Crippen LogP contribution in [-0.2, 0) is 17.8 Å². The van der Waals surface area contributed by atoms with Gasteiger partial charge in [0.2, 0.25) is 5.91 Å². The monoisotopic (exact) mass is 394 g/mol.